The number of carbonyl (C=O) groups excluding carboxylic acids is 1. The molecule has 1 fully saturated rings. The van der Waals surface area contributed by atoms with Crippen LogP contribution in [0.1, 0.15) is 28.4 Å². The van der Waals surface area contributed by atoms with Gasteiger partial charge in [-0.3, -0.25) is 9.89 Å². The zero-order valence-electron chi connectivity index (χ0n) is 12.5. The average molecular weight is 299 g/mol. The highest BCUT2D eigenvalue weighted by molar-refractivity contribution is 5.92. The third kappa shape index (κ3) is 3.46. The first-order valence-electron chi connectivity index (χ1n) is 7.59. The number of hydrogen-bond acceptors (Lipinski definition) is 4. The number of carbonyl (C=O) groups is 1. The quantitative estimate of drug-likeness (QED) is 0.774. The summed E-state index contributed by atoms with van der Waals surface area (Å²) >= 11 is 0. The maximum absolute atomic E-state index is 11.9. The van der Waals surface area contributed by atoms with E-state index < -0.39 is 0 Å². The molecule has 0 bridgehead atoms. The lowest BCUT2D eigenvalue weighted by atomic mass is 9.99. The van der Waals surface area contributed by atoms with Crippen molar-refractivity contribution in [1.29, 1.82) is 0 Å². The van der Waals surface area contributed by atoms with Gasteiger partial charge in [0.05, 0.1) is 0 Å². The minimum Gasteiger partial charge on any atom is -0.382 e. The molecular formula is C16H21N5O. The summed E-state index contributed by atoms with van der Waals surface area (Å²) < 4.78 is 0. The van der Waals surface area contributed by atoms with Crippen LogP contribution in [0.25, 0.3) is 0 Å². The number of hydrogen-bond donors (Lipinski definition) is 3. The van der Waals surface area contributed by atoms with E-state index in [0.717, 1.165) is 19.6 Å². The minimum atomic E-state index is -0.164. The van der Waals surface area contributed by atoms with Gasteiger partial charge >= 0.3 is 0 Å². The van der Waals surface area contributed by atoms with Crippen molar-refractivity contribution in [2.75, 3.05) is 31.9 Å². The highest BCUT2D eigenvalue weighted by Crippen LogP contribution is 2.26. The average Bonchev–Trinajstić information content (AvgIpc) is 3.17. The van der Waals surface area contributed by atoms with Gasteiger partial charge in [0.2, 0.25) is 0 Å². The largest absolute Gasteiger partial charge is 0.382 e. The fraction of sp³-hybridized carbons (Fsp3) is 0.375. The summed E-state index contributed by atoms with van der Waals surface area (Å²) in [6, 6.07) is 12.2. The number of aromatic nitrogens is 2. The van der Waals surface area contributed by atoms with Gasteiger partial charge < -0.3 is 16.0 Å². The molecule has 22 heavy (non-hydrogen) atoms. The molecular weight excluding hydrogens is 278 g/mol. The van der Waals surface area contributed by atoms with Gasteiger partial charge in [0.15, 0.2) is 0 Å². The molecule has 6 nitrogen and oxygen atoms in total. The van der Waals surface area contributed by atoms with Crippen LogP contribution in [0, 0.1) is 0 Å². The van der Waals surface area contributed by atoms with Crippen molar-refractivity contribution in [3.05, 3.63) is 47.7 Å². The Kier molecular flexibility index (Phi) is 4.39. The molecule has 116 valence electrons. The Morgan fingerprint density at radius 2 is 2.23 bits per heavy atom. The molecule has 6 heteroatoms. The van der Waals surface area contributed by atoms with E-state index >= 15 is 0 Å². The molecule has 1 atom stereocenters. The van der Waals surface area contributed by atoms with Crippen LogP contribution in [-0.4, -0.2) is 47.2 Å². The van der Waals surface area contributed by atoms with E-state index in [1.54, 1.807) is 0 Å². The van der Waals surface area contributed by atoms with Crippen LogP contribution >= 0.6 is 0 Å². The van der Waals surface area contributed by atoms with Gasteiger partial charge in [0.1, 0.15) is 11.5 Å². The van der Waals surface area contributed by atoms with E-state index in [0.29, 0.717) is 24.0 Å². The second-order valence-electron chi connectivity index (χ2n) is 5.66. The number of likely N-dealkylation sites (tertiary alicyclic amines) is 1. The minimum absolute atomic E-state index is 0.164. The molecule has 1 aromatic carbocycles. The number of nitrogens with two attached hydrogens (primary N) is 1. The zero-order chi connectivity index (χ0) is 15.4. The van der Waals surface area contributed by atoms with E-state index in [9.17, 15) is 4.79 Å². The molecule has 2 aromatic rings. The Balaban J connectivity index is 1.42. The third-order valence-electron chi connectivity index (χ3n) is 4.10. The van der Waals surface area contributed by atoms with E-state index in [-0.39, 0.29) is 5.91 Å². The molecule has 0 saturated carbocycles. The van der Waals surface area contributed by atoms with Crippen molar-refractivity contribution < 1.29 is 4.79 Å². The van der Waals surface area contributed by atoms with Crippen molar-refractivity contribution in [3.8, 4) is 0 Å². The van der Waals surface area contributed by atoms with Crippen molar-refractivity contribution in [2.24, 2.45) is 0 Å². The first-order chi connectivity index (χ1) is 10.7. The monoisotopic (exact) mass is 299 g/mol. The van der Waals surface area contributed by atoms with Crippen LogP contribution in [0.3, 0.4) is 0 Å². The van der Waals surface area contributed by atoms with Gasteiger partial charge in [-0.15, -0.1) is 0 Å². The van der Waals surface area contributed by atoms with Gasteiger partial charge in [0.25, 0.3) is 5.91 Å². The SMILES string of the molecule is Nc1cc(C(=O)NCCN2CCC(c3ccccc3)C2)[nH]n1. The second kappa shape index (κ2) is 6.62. The molecule has 1 amide bonds. The number of anilines is 1. The Bertz CT molecular complexity index is 624. The van der Waals surface area contributed by atoms with Gasteiger partial charge in [-0.2, -0.15) is 5.10 Å². The highest BCUT2D eigenvalue weighted by Gasteiger charge is 2.23. The maximum atomic E-state index is 11.9. The Morgan fingerprint density at radius 3 is 2.95 bits per heavy atom. The first kappa shape index (κ1) is 14.6. The van der Waals surface area contributed by atoms with Crippen LogP contribution in [0.15, 0.2) is 36.4 Å². The van der Waals surface area contributed by atoms with Crippen molar-refractivity contribution in [2.45, 2.75) is 12.3 Å². The number of aromatic amines is 1. The summed E-state index contributed by atoms with van der Waals surface area (Å²) in [5, 5.41) is 9.25. The van der Waals surface area contributed by atoms with Gasteiger partial charge in [-0.05, 0) is 24.4 Å². The number of rotatable bonds is 5. The lowest BCUT2D eigenvalue weighted by molar-refractivity contribution is 0.0944. The summed E-state index contributed by atoms with van der Waals surface area (Å²) in [4.78, 5) is 14.2. The topological polar surface area (TPSA) is 87.0 Å². The molecule has 1 unspecified atom stereocenters. The standard InChI is InChI=1S/C16H21N5O/c17-15-10-14(19-20-15)16(22)18-7-9-21-8-6-13(11-21)12-4-2-1-3-5-12/h1-5,10,13H,6-9,11H2,(H,18,22)(H3,17,19,20). The number of nitrogens with one attached hydrogen (secondary N) is 2. The molecule has 3 rings (SSSR count). The molecule has 1 aliphatic heterocycles. The van der Waals surface area contributed by atoms with Crippen LogP contribution < -0.4 is 11.1 Å². The van der Waals surface area contributed by atoms with Gasteiger partial charge in [0, 0.05) is 25.7 Å². The molecule has 1 aliphatic rings. The van der Waals surface area contributed by atoms with Crippen molar-refractivity contribution in [3.63, 3.8) is 0 Å². The predicted molar refractivity (Wildman–Crippen MR) is 85.6 cm³/mol. The molecule has 0 spiro atoms. The third-order valence-corrected chi connectivity index (χ3v) is 4.10. The van der Waals surface area contributed by atoms with E-state index in [1.807, 2.05) is 6.07 Å². The van der Waals surface area contributed by atoms with E-state index in [4.69, 9.17) is 5.73 Å². The van der Waals surface area contributed by atoms with Crippen LogP contribution in [0.2, 0.25) is 0 Å². The normalized spacial score (nSPS) is 18.5. The molecule has 4 N–H and O–H groups in total. The van der Waals surface area contributed by atoms with E-state index in [2.05, 4.69) is 44.7 Å². The van der Waals surface area contributed by atoms with Crippen molar-refractivity contribution >= 4 is 11.7 Å². The number of amides is 1. The number of H-pyrrole nitrogens is 1. The lowest BCUT2D eigenvalue weighted by Gasteiger charge is -2.16. The van der Waals surface area contributed by atoms with Crippen molar-refractivity contribution in [1.82, 2.24) is 20.4 Å². The first-order valence-corrected chi connectivity index (χ1v) is 7.59. The Hall–Kier alpha value is -2.34. The number of nitrogens with zero attached hydrogens (tertiary/aromatic N) is 2. The summed E-state index contributed by atoms with van der Waals surface area (Å²) in [6.07, 6.45) is 1.18. The predicted octanol–water partition coefficient (Wildman–Crippen LogP) is 1.21. The second-order valence-corrected chi connectivity index (χ2v) is 5.66. The Morgan fingerprint density at radius 1 is 1.41 bits per heavy atom. The summed E-state index contributed by atoms with van der Waals surface area (Å²) in [5.41, 5.74) is 7.29. The van der Waals surface area contributed by atoms with Gasteiger partial charge in [-0.1, -0.05) is 30.3 Å². The zero-order valence-corrected chi connectivity index (χ0v) is 12.5. The lowest BCUT2D eigenvalue weighted by Crippen LogP contribution is -2.34. The molecule has 2 heterocycles. The fourth-order valence-electron chi connectivity index (χ4n) is 2.91. The maximum Gasteiger partial charge on any atom is 0.269 e. The van der Waals surface area contributed by atoms with Crippen LogP contribution in [0.5, 0.6) is 0 Å². The highest BCUT2D eigenvalue weighted by atomic mass is 16.1. The molecule has 0 radical (unpaired) electrons. The number of benzene rings is 1. The van der Waals surface area contributed by atoms with Crippen LogP contribution in [0.4, 0.5) is 5.82 Å². The van der Waals surface area contributed by atoms with Gasteiger partial charge in [-0.25, -0.2) is 0 Å². The Labute approximate surface area is 129 Å². The summed E-state index contributed by atoms with van der Waals surface area (Å²) in [5.74, 6) is 0.766. The molecule has 1 saturated heterocycles. The van der Waals surface area contributed by atoms with E-state index in [1.165, 1.54) is 18.1 Å². The molecule has 0 aliphatic carbocycles. The number of nitrogen functional groups attached to an aromatic ring is 1. The summed E-state index contributed by atoms with van der Waals surface area (Å²) in [7, 11) is 0. The smallest absolute Gasteiger partial charge is 0.269 e. The molecule has 1 aromatic heterocycles. The summed E-state index contributed by atoms with van der Waals surface area (Å²) in [6.45, 7) is 3.61. The van der Waals surface area contributed by atoms with Crippen LogP contribution in [-0.2, 0) is 0 Å². The fourth-order valence-corrected chi connectivity index (χ4v) is 2.91.